The maximum atomic E-state index is 12.4. The number of sulfone groups is 1. The van der Waals surface area contributed by atoms with Gasteiger partial charge in [-0.2, -0.15) is 0 Å². The Hall–Kier alpha value is -0.360. The number of rotatable bonds is 6. The minimum Gasteiger partial charge on any atom is -0.339 e. The molecule has 2 aliphatic heterocycles. The van der Waals surface area contributed by atoms with E-state index >= 15 is 0 Å². The Morgan fingerprint density at radius 3 is 2.48 bits per heavy atom. The average molecular weight is 423 g/mol. The molecule has 2 fully saturated rings. The first-order valence-electron chi connectivity index (χ1n) is 8.28. The lowest BCUT2D eigenvalue weighted by molar-refractivity contribution is -0.130. The zero-order valence-electron chi connectivity index (χ0n) is 14.1. The fourth-order valence-electron chi connectivity index (χ4n) is 3.05. The Morgan fingerprint density at radius 2 is 1.88 bits per heavy atom. The summed E-state index contributed by atoms with van der Waals surface area (Å²) >= 11 is 4.63. The standard InChI is InChI=1S/C14H22N4O3S4/c1-2-22-13-15-16-14(24-13)23-9-12(19)18-6-4-17(5-7-18)11-3-8-25(20,21)10-11/h11H,2-10H2,1H3. The third kappa shape index (κ3) is 5.31. The molecule has 25 heavy (non-hydrogen) atoms. The van der Waals surface area contributed by atoms with Crippen LogP contribution in [0.2, 0.25) is 0 Å². The fraction of sp³-hybridized carbons (Fsp3) is 0.786. The molecule has 0 saturated carbocycles. The highest BCUT2D eigenvalue weighted by Crippen LogP contribution is 2.28. The molecule has 3 rings (SSSR count). The summed E-state index contributed by atoms with van der Waals surface area (Å²) in [5.41, 5.74) is 0. The predicted octanol–water partition coefficient (Wildman–Crippen LogP) is 1.07. The van der Waals surface area contributed by atoms with Gasteiger partial charge in [0.25, 0.3) is 0 Å². The molecule has 11 heteroatoms. The number of thioether (sulfide) groups is 2. The third-order valence-electron chi connectivity index (χ3n) is 4.37. The smallest absolute Gasteiger partial charge is 0.233 e. The predicted molar refractivity (Wildman–Crippen MR) is 102 cm³/mol. The van der Waals surface area contributed by atoms with E-state index in [1.807, 2.05) is 4.90 Å². The number of carbonyl (C=O) groups is 1. The minimum absolute atomic E-state index is 0.114. The molecule has 0 bridgehead atoms. The second-order valence-corrected chi connectivity index (χ2v) is 12.0. The molecule has 1 amide bonds. The second kappa shape index (κ2) is 8.55. The van der Waals surface area contributed by atoms with Crippen molar-refractivity contribution >= 4 is 50.6 Å². The van der Waals surface area contributed by atoms with Gasteiger partial charge in [0.1, 0.15) is 0 Å². The monoisotopic (exact) mass is 422 g/mol. The van der Waals surface area contributed by atoms with E-state index in [4.69, 9.17) is 0 Å². The highest BCUT2D eigenvalue weighted by Gasteiger charge is 2.34. The number of hydrogen-bond acceptors (Lipinski definition) is 9. The van der Waals surface area contributed by atoms with Gasteiger partial charge in [0.15, 0.2) is 18.5 Å². The van der Waals surface area contributed by atoms with Crippen LogP contribution in [0.4, 0.5) is 0 Å². The fourth-order valence-corrected chi connectivity index (χ4v) is 7.63. The molecule has 0 aliphatic carbocycles. The maximum Gasteiger partial charge on any atom is 0.233 e. The van der Waals surface area contributed by atoms with E-state index in [1.165, 1.54) is 23.1 Å². The van der Waals surface area contributed by atoms with Gasteiger partial charge in [-0.15, -0.1) is 10.2 Å². The van der Waals surface area contributed by atoms with Gasteiger partial charge < -0.3 is 4.90 Å². The van der Waals surface area contributed by atoms with Gasteiger partial charge >= 0.3 is 0 Å². The van der Waals surface area contributed by atoms with E-state index in [9.17, 15) is 13.2 Å². The molecule has 1 aromatic rings. The molecular weight excluding hydrogens is 400 g/mol. The summed E-state index contributed by atoms with van der Waals surface area (Å²) in [6, 6.07) is 0.132. The number of hydrogen-bond donors (Lipinski definition) is 0. The molecule has 0 radical (unpaired) electrons. The van der Waals surface area contributed by atoms with Crippen LogP contribution in [0.3, 0.4) is 0 Å². The zero-order chi connectivity index (χ0) is 17.9. The SMILES string of the molecule is CCSc1nnc(SCC(=O)N2CCN(C3CCS(=O)(=O)C3)CC2)s1. The van der Waals surface area contributed by atoms with Crippen molar-refractivity contribution in [3.05, 3.63) is 0 Å². The van der Waals surface area contributed by atoms with Crippen molar-refractivity contribution in [3.63, 3.8) is 0 Å². The van der Waals surface area contributed by atoms with Crippen molar-refractivity contribution in [1.82, 2.24) is 20.0 Å². The van der Waals surface area contributed by atoms with Gasteiger partial charge in [-0.3, -0.25) is 9.69 Å². The molecule has 2 saturated heterocycles. The number of piperazine rings is 1. The van der Waals surface area contributed by atoms with Crippen molar-refractivity contribution in [3.8, 4) is 0 Å². The summed E-state index contributed by atoms with van der Waals surface area (Å²) in [4.78, 5) is 16.5. The van der Waals surface area contributed by atoms with E-state index in [0.717, 1.165) is 33.9 Å². The number of amides is 1. The minimum atomic E-state index is -2.86. The quantitative estimate of drug-likeness (QED) is 0.630. The van der Waals surface area contributed by atoms with Crippen molar-refractivity contribution in [1.29, 1.82) is 0 Å². The molecule has 1 aromatic heterocycles. The van der Waals surface area contributed by atoms with Gasteiger partial charge in [0.05, 0.1) is 17.3 Å². The van der Waals surface area contributed by atoms with Crippen molar-refractivity contribution in [2.75, 3.05) is 49.2 Å². The van der Waals surface area contributed by atoms with E-state index in [-0.39, 0.29) is 17.7 Å². The summed E-state index contributed by atoms with van der Waals surface area (Å²) in [5, 5.41) is 8.20. The van der Waals surface area contributed by atoms with Gasteiger partial charge in [0.2, 0.25) is 5.91 Å². The Kier molecular flexibility index (Phi) is 6.64. The first-order chi connectivity index (χ1) is 12.0. The van der Waals surface area contributed by atoms with Crippen LogP contribution in [0.5, 0.6) is 0 Å². The number of carbonyl (C=O) groups excluding carboxylic acids is 1. The van der Waals surface area contributed by atoms with Crippen LogP contribution in [0.1, 0.15) is 13.3 Å². The Balaban J connectivity index is 1.42. The Morgan fingerprint density at radius 1 is 1.20 bits per heavy atom. The Bertz CT molecular complexity index is 701. The lowest BCUT2D eigenvalue weighted by Crippen LogP contribution is -2.52. The van der Waals surface area contributed by atoms with Crippen LogP contribution in [-0.4, -0.2) is 89.6 Å². The van der Waals surface area contributed by atoms with E-state index < -0.39 is 9.84 Å². The summed E-state index contributed by atoms with van der Waals surface area (Å²) in [5.74, 6) is 2.02. The third-order valence-corrected chi connectivity index (χ3v) is 9.17. The molecule has 7 nitrogen and oxygen atoms in total. The molecule has 0 aromatic carbocycles. The maximum absolute atomic E-state index is 12.4. The van der Waals surface area contributed by atoms with Gasteiger partial charge in [-0.05, 0) is 12.2 Å². The van der Waals surface area contributed by atoms with Crippen LogP contribution in [-0.2, 0) is 14.6 Å². The highest BCUT2D eigenvalue weighted by atomic mass is 32.2. The van der Waals surface area contributed by atoms with E-state index in [1.54, 1.807) is 11.8 Å². The molecule has 3 heterocycles. The highest BCUT2D eigenvalue weighted by molar-refractivity contribution is 8.03. The van der Waals surface area contributed by atoms with Crippen LogP contribution in [0.15, 0.2) is 8.68 Å². The van der Waals surface area contributed by atoms with Crippen LogP contribution in [0, 0.1) is 0 Å². The van der Waals surface area contributed by atoms with Crippen LogP contribution in [0.25, 0.3) is 0 Å². The Labute approximate surface area is 160 Å². The van der Waals surface area contributed by atoms with Crippen molar-refractivity contribution < 1.29 is 13.2 Å². The zero-order valence-corrected chi connectivity index (χ0v) is 17.4. The lowest BCUT2D eigenvalue weighted by atomic mass is 10.2. The number of aromatic nitrogens is 2. The molecule has 1 atom stereocenters. The average Bonchev–Trinajstić information content (AvgIpc) is 3.19. The summed E-state index contributed by atoms with van der Waals surface area (Å²) < 4.78 is 25.0. The lowest BCUT2D eigenvalue weighted by Gasteiger charge is -2.37. The van der Waals surface area contributed by atoms with Crippen LogP contribution < -0.4 is 0 Å². The molecular formula is C14H22N4O3S4. The molecule has 2 aliphatic rings. The van der Waals surface area contributed by atoms with E-state index in [0.29, 0.717) is 24.6 Å². The molecule has 0 N–H and O–H groups in total. The van der Waals surface area contributed by atoms with Gasteiger partial charge in [0, 0.05) is 32.2 Å². The van der Waals surface area contributed by atoms with Crippen molar-refractivity contribution in [2.45, 2.75) is 28.1 Å². The topological polar surface area (TPSA) is 83.5 Å². The first kappa shape index (κ1) is 19.4. The van der Waals surface area contributed by atoms with E-state index in [2.05, 4.69) is 22.0 Å². The van der Waals surface area contributed by atoms with Crippen molar-refractivity contribution in [2.24, 2.45) is 0 Å². The molecule has 140 valence electrons. The largest absolute Gasteiger partial charge is 0.339 e. The summed E-state index contributed by atoms with van der Waals surface area (Å²) in [6.45, 7) is 4.93. The van der Waals surface area contributed by atoms with Gasteiger partial charge in [-0.25, -0.2) is 8.42 Å². The second-order valence-electron chi connectivity index (χ2n) is 6.03. The summed E-state index contributed by atoms with van der Waals surface area (Å²) in [7, 11) is -2.86. The number of nitrogens with zero attached hydrogens (tertiary/aromatic N) is 4. The molecule has 1 unspecified atom stereocenters. The normalized spacial score (nSPS) is 23.9. The molecule has 0 spiro atoms. The van der Waals surface area contributed by atoms with Gasteiger partial charge in [-0.1, -0.05) is 41.8 Å². The summed E-state index contributed by atoms with van der Waals surface area (Å²) in [6.07, 6.45) is 0.723. The van der Waals surface area contributed by atoms with Crippen LogP contribution >= 0.6 is 34.9 Å². The first-order valence-corrected chi connectivity index (χ1v) is 12.9.